The predicted octanol–water partition coefficient (Wildman–Crippen LogP) is 12.4. The van der Waals surface area contributed by atoms with Crippen molar-refractivity contribution < 1.29 is 182 Å². The van der Waals surface area contributed by atoms with Crippen LogP contribution in [0.2, 0.25) is 0 Å². The van der Waals surface area contributed by atoms with E-state index >= 15 is 26.3 Å². The molecule has 0 spiro atoms. The number of carbonyl (C=O) groups is 7. The van der Waals surface area contributed by atoms with Crippen LogP contribution in [0.25, 0.3) is 33.1 Å². The number of aromatic nitrogens is 6. The van der Waals surface area contributed by atoms with Crippen LogP contribution in [0.3, 0.4) is 0 Å². The molecule has 6 amide bonds. The van der Waals surface area contributed by atoms with Crippen LogP contribution in [0.4, 0.5) is 40.7 Å². The fraction of sp³-hybridized carbons (Fsp3) is 0.642. The summed E-state index contributed by atoms with van der Waals surface area (Å²) in [6.45, 7) is 22.4. The first-order valence-corrected chi connectivity index (χ1v) is 45.6. The maximum atomic E-state index is 15.9. The number of alkyl halides is 6. The van der Waals surface area contributed by atoms with Gasteiger partial charge in [-0.2, -0.15) is 26.3 Å². The van der Waals surface area contributed by atoms with E-state index in [1.165, 1.54) is 42.1 Å². The number of fused-ring (bicyclic) bond motifs is 17. The summed E-state index contributed by atoms with van der Waals surface area (Å²) in [6.07, 6.45) is 0.972. The van der Waals surface area contributed by atoms with Crippen LogP contribution < -0.4 is 44.4 Å². The van der Waals surface area contributed by atoms with E-state index in [2.05, 4.69) is 45.9 Å². The number of rotatable bonds is 7. The maximum Gasteiger partial charge on any atom is 0.408 e. The average Bonchev–Trinajstić information content (AvgIpc) is 1.52. The van der Waals surface area contributed by atoms with Gasteiger partial charge in [-0.15, -0.1) is 0 Å². The van der Waals surface area contributed by atoms with Gasteiger partial charge in [0.1, 0.15) is 77.2 Å². The Kier molecular flexibility index (Phi) is 33.9. The van der Waals surface area contributed by atoms with Crippen LogP contribution in [0, 0.1) is 63.6 Å². The van der Waals surface area contributed by atoms with Gasteiger partial charge in [-0.25, -0.2) is 63.1 Å². The molecule has 3 N–H and O–H groups in total. The summed E-state index contributed by atoms with van der Waals surface area (Å²) < 4.78 is 157. The number of aryl methyl sites for hydroxylation is 1. The summed E-state index contributed by atoms with van der Waals surface area (Å²) in [6, 6.07) is 8.04. The number of amides is 6. The molecule has 3 aromatic carbocycles. The van der Waals surface area contributed by atoms with Gasteiger partial charge in [0.15, 0.2) is 11.4 Å². The zero-order valence-corrected chi connectivity index (χ0v) is 83.5. The average molecular weight is 2030 g/mol. The van der Waals surface area contributed by atoms with Gasteiger partial charge >= 0.3 is 24.2 Å². The predicted molar refractivity (Wildman–Crippen MR) is 468 cm³/mol. The molecular formula is C95H117F6N12O21V3-3. The normalized spacial score (nSPS) is 30.6. The molecule has 3 radical (unpaired) electrons. The Balaban J connectivity index is 0.000000195. The van der Waals surface area contributed by atoms with E-state index in [0.717, 1.165) is 12.8 Å². The van der Waals surface area contributed by atoms with E-state index in [1.807, 2.05) is 25.8 Å². The third-order valence-corrected chi connectivity index (χ3v) is 27.7. The first-order chi connectivity index (χ1) is 63.2. The van der Waals surface area contributed by atoms with E-state index in [9.17, 15) is 47.9 Å². The van der Waals surface area contributed by atoms with E-state index in [4.69, 9.17) is 52.1 Å². The minimum absolute atomic E-state index is 0. The number of benzene rings is 3. The summed E-state index contributed by atoms with van der Waals surface area (Å²) in [5, 5.41) is 8.12. The molecule has 743 valence electrons. The number of methoxy groups -OCH3 is 3. The van der Waals surface area contributed by atoms with Gasteiger partial charge in [-0.05, 0) is 128 Å². The van der Waals surface area contributed by atoms with Gasteiger partial charge in [0.2, 0.25) is 41.1 Å². The van der Waals surface area contributed by atoms with E-state index in [1.54, 1.807) is 132 Å². The molecule has 2 unspecified atom stereocenters. The Morgan fingerprint density at radius 3 is 1.34 bits per heavy atom. The SMILES string of the molecule is CC[C@@H]1[C@@H]2CN(C(=O)[C@H](C(C)(C)C)NC(=O)O[C@@H]3C[C@H]3CC(=O)C(F)(F)CCc3nc4ccc(OC)cc4nc3O2)[C@@H]1[C-]=O.COc1ccc2nc3c(nc2c1)O[C@H]1CN(C(=O)[C@H](C(C)(C)C)NC(=O)O[C@@H]2CC4CC4[C@H]2COCCC3(F)F)[C@H]([C-]=O)[C@@H]1C.COc1ccc2nc3c(nc2c1)O[C@H]1CN(C(=O)[C@H](C(C)(C)C)NC(=O)O[C@]2(C)CCC[C@H]2COCCC3(F)F)[C@H]([C-]=O)[C@@H]1C.[V].[V].[V]. The minimum atomic E-state index is -3.66. The van der Waals surface area contributed by atoms with Crippen LogP contribution in [0.15, 0.2) is 54.6 Å². The summed E-state index contributed by atoms with van der Waals surface area (Å²) in [4.78, 5) is 161. The number of ether oxygens (including phenoxy) is 11. The van der Waals surface area contributed by atoms with Gasteiger partial charge in [-0.1, -0.05) is 108 Å². The second kappa shape index (κ2) is 43.0. The molecule has 10 aliphatic rings. The molecule has 6 bridgehead atoms. The molecule has 3 aromatic heterocycles. The number of nitrogens with one attached hydrogen (secondary N) is 3. The summed E-state index contributed by atoms with van der Waals surface area (Å²) >= 11 is 0. The number of ketones is 1. The minimum Gasteiger partial charge on any atom is -0.540 e. The van der Waals surface area contributed by atoms with Crippen molar-refractivity contribution in [1.82, 2.24) is 60.6 Å². The van der Waals surface area contributed by atoms with Crippen molar-refractivity contribution in [2.75, 3.05) is 67.4 Å². The number of Topliss-reactive ketones (excluding diaryl/α,β-unsaturated/α-hetero) is 1. The zero-order chi connectivity index (χ0) is 97.0. The largest absolute Gasteiger partial charge is 0.540 e. The number of alkyl carbamates (subject to hydrolysis) is 3. The Morgan fingerprint density at radius 1 is 0.467 bits per heavy atom. The molecule has 42 heteroatoms. The van der Waals surface area contributed by atoms with Crippen molar-refractivity contribution in [3.63, 3.8) is 0 Å². The van der Waals surface area contributed by atoms with Crippen molar-refractivity contribution in [2.24, 2.45) is 63.6 Å². The van der Waals surface area contributed by atoms with Crippen LogP contribution in [0.1, 0.15) is 178 Å². The Hall–Kier alpha value is -9.37. The smallest absolute Gasteiger partial charge is 0.408 e. The number of hydrogen-bond acceptors (Lipinski definition) is 27. The number of halogens is 6. The molecule has 137 heavy (non-hydrogen) atoms. The molecule has 7 fully saturated rings. The van der Waals surface area contributed by atoms with Gasteiger partial charge < -0.3 is 97.1 Å². The molecule has 6 aromatic rings. The van der Waals surface area contributed by atoms with Crippen molar-refractivity contribution in [3.05, 3.63) is 71.7 Å². The van der Waals surface area contributed by atoms with Gasteiger partial charge in [-0.3, -0.25) is 19.2 Å². The van der Waals surface area contributed by atoms with Crippen LogP contribution >= 0.6 is 0 Å². The van der Waals surface area contributed by atoms with E-state index < -0.39 is 221 Å². The fourth-order valence-corrected chi connectivity index (χ4v) is 19.3. The number of carbonyl (C=O) groups excluding carboxylic acids is 10. The zero-order valence-electron chi connectivity index (χ0n) is 79.3. The van der Waals surface area contributed by atoms with Crippen LogP contribution in [-0.2, 0) is 131 Å². The second-order valence-corrected chi connectivity index (χ2v) is 40.2. The standard InChI is InChI=1S/C32H39F2N4O7.C32H41F2N4O7.C31H37F2N4O7.3V/c1-16-23(14-39)38-13-25(16)44-28-26(35-21-7-6-18(42-5)12-22(21)36-28)32(33,34)8-9-43-15-20-19-10-17(19)11-24(20)45-30(41)37-27(29(38)40)31(2,3)4;1-18-23(16-39)38-15-24(18)44-27-25(35-21-10-9-20(42-6)14-22(21)36-27)32(33,34)12-13-43-17-19-8-7-11-31(19,5)45-29(41)37-26(28(38)40)30(2,3)4;1-6-18-22(15-38)37-14-24(18)43-27-20(34-19-8-7-17(42-5)13-21(19)35-27)9-10-31(32,33)25(39)12-16-11-23(16)44-29(41)36-26(28(37)40)30(2,3)4;;;/h6-7,12,16-17,19-20,23-25,27H,8-11,13,15H2,1-5H3,(H,37,41);9-10,14,18-19,23-24,26H,7-8,11-13,15,17H2,1-6H3,(H,37,41);7-8,13,16,18,22-24,26H,6,9-12,14H2,1-5H3,(H,36,41);;;/q3*-1;;;/t16-,17?,19?,20+,23+,24+,25-,27+;18-,19-,23+,24-,26+,31+;16-,18-,22+,23+,24-,26+;;;/m000.../s1. The van der Waals surface area contributed by atoms with Crippen molar-refractivity contribution >= 4 is 93.7 Å². The number of nitrogens with zero attached hydrogens (tertiary/aromatic N) is 9. The molecule has 33 nitrogen and oxygen atoms in total. The summed E-state index contributed by atoms with van der Waals surface area (Å²) in [5.74, 6) is -14.9. The topological polar surface area (TPSA) is 395 Å². The van der Waals surface area contributed by atoms with Crippen molar-refractivity contribution in [3.8, 4) is 34.9 Å². The van der Waals surface area contributed by atoms with Crippen molar-refractivity contribution in [2.45, 2.75) is 257 Å². The summed E-state index contributed by atoms with van der Waals surface area (Å²) in [7, 11) is 4.45. The monoisotopic (exact) mass is 2030 g/mol. The second-order valence-electron chi connectivity index (χ2n) is 40.2. The van der Waals surface area contributed by atoms with Gasteiger partial charge in [0, 0.05) is 124 Å². The van der Waals surface area contributed by atoms with Crippen LogP contribution in [-0.4, -0.2) is 251 Å². The molecule has 3 saturated heterocycles. The quantitative estimate of drug-likeness (QED) is 0.0759. The number of hydrogen-bond donors (Lipinski definition) is 3. The van der Waals surface area contributed by atoms with Crippen LogP contribution in [0.5, 0.6) is 34.9 Å². The molecular weight excluding hydrogens is 1910 g/mol. The van der Waals surface area contributed by atoms with E-state index in [0.29, 0.717) is 65.8 Å². The Bertz CT molecular complexity index is 5340. The fourth-order valence-electron chi connectivity index (χ4n) is 19.3. The first-order valence-electron chi connectivity index (χ1n) is 45.6. The summed E-state index contributed by atoms with van der Waals surface area (Å²) in [5.41, 5.74) is -2.63. The van der Waals surface area contributed by atoms with Gasteiger partial charge in [0.05, 0.1) is 100 Å². The Labute approximate surface area is 826 Å². The first kappa shape index (κ1) is 108. The van der Waals surface area contributed by atoms with Gasteiger partial charge in [0.25, 0.3) is 11.8 Å². The van der Waals surface area contributed by atoms with E-state index in [-0.39, 0.29) is 160 Å². The molecule has 4 saturated carbocycles. The Morgan fingerprint density at radius 2 is 0.883 bits per heavy atom. The molecule has 16 rings (SSSR count). The third-order valence-electron chi connectivity index (χ3n) is 27.7. The maximum absolute atomic E-state index is 15.9. The molecule has 20 atom stereocenters. The van der Waals surface area contributed by atoms with Crippen molar-refractivity contribution in [1.29, 1.82) is 0 Å². The molecule has 4 aliphatic carbocycles. The molecule has 9 heterocycles. The molecule has 6 aliphatic heterocycles. The third kappa shape index (κ3) is 23.8.